The third-order valence-corrected chi connectivity index (χ3v) is 5.04. The SMILES string of the molecule is CCOc1ccc(N2C=C(C(=O)OC)C(c3ccc(C(F)(F)F)cc3)C(C(=O)OC)=C2)cc1. The summed E-state index contributed by atoms with van der Waals surface area (Å²) in [6.45, 7) is 2.35. The van der Waals surface area contributed by atoms with Gasteiger partial charge in [0.15, 0.2) is 0 Å². The quantitative estimate of drug-likeness (QED) is 0.575. The fourth-order valence-electron chi connectivity index (χ4n) is 3.48. The number of hydrogen-bond donors (Lipinski definition) is 0. The van der Waals surface area contributed by atoms with Crippen LogP contribution in [0.5, 0.6) is 5.75 Å². The van der Waals surface area contributed by atoms with Crippen LogP contribution in [0.3, 0.4) is 0 Å². The minimum Gasteiger partial charge on any atom is -0.494 e. The molecule has 0 amide bonds. The van der Waals surface area contributed by atoms with Gasteiger partial charge in [0, 0.05) is 18.1 Å². The highest BCUT2D eigenvalue weighted by molar-refractivity contribution is 5.99. The molecule has 0 fully saturated rings. The highest BCUT2D eigenvalue weighted by atomic mass is 19.4. The maximum Gasteiger partial charge on any atom is 0.416 e. The summed E-state index contributed by atoms with van der Waals surface area (Å²) in [4.78, 5) is 26.9. The lowest BCUT2D eigenvalue weighted by molar-refractivity contribution is -0.138. The van der Waals surface area contributed by atoms with Gasteiger partial charge >= 0.3 is 18.1 Å². The second-order valence-electron chi connectivity index (χ2n) is 7.04. The van der Waals surface area contributed by atoms with E-state index in [0.717, 1.165) is 12.1 Å². The first-order chi connectivity index (χ1) is 15.7. The lowest BCUT2D eigenvalue weighted by atomic mass is 9.83. The zero-order valence-electron chi connectivity index (χ0n) is 18.2. The number of carbonyl (C=O) groups is 2. The number of nitrogens with zero attached hydrogens (tertiary/aromatic N) is 1. The summed E-state index contributed by atoms with van der Waals surface area (Å²) in [5, 5.41) is 0. The number of ether oxygens (including phenoxy) is 3. The Morgan fingerprint density at radius 3 is 1.82 bits per heavy atom. The molecule has 9 heteroatoms. The predicted octanol–water partition coefficient (Wildman–Crippen LogP) is 4.82. The Hall–Kier alpha value is -3.75. The van der Waals surface area contributed by atoms with Gasteiger partial charge in [0.2, 0.25) is 0 Å². The summed E-state index contributed by atoms with van der Waals surface area (Å²) >= 11 is 0. The van der Waals surface area contributed by atoms with Crippen molar-refractivity contribution in [2.45, 2.75) is 19.0 Å². The van der Waals surface area contributed by atoms with Crippen LogP contribution < -0.4 is 9.64 Å². The molecule has 0 saturated heterocycles. The van der Waals surface area contributed by atoms with Crippen LogP contribution in [0.25, 0.3) is 0 Å². The van der Waals surface area contributed by atoms with Crippen molar-refractivity contribution >= 4 is 17.6 Å². The van der Waals surface area contributed by atoms with E-state index in [9.17, 15) is 22.8 Å². The standard InChI is InChI=1S/C24H22F3NO5/c1-4-33-18-11-9-17(10-12-18)28-13-19(22(29)31-2)21(20(14-28)23(30)32-3)15-5-7-16(8-6-15)24(25,26)27/h5-14,21H,4H2,1-3H3. The van der Waals surface area contributed by atoms with Gasteiger partial charge in [-0.2, -0.15) is 13.2 Å². The number of benzene rings is 2. The fourth-order valence-corrected chi connectivity index (χ4v) is 3.48. The molecule has 0 spiro atoms. The van der Waals surface area contributed by atoms with Gasteiger partial charge in [-0.05, 0) is 48.9 Å². The van der Waals surface area contributed by atoms with Gasteiger partial charge in [-0.15, -0.1) is 0 Å². The van der Waals surface area contributed by atoms with E-state index in [4.69, 9.17) is 14.2 Å². The third-order valence-electron chi connectivity index (χ3n) is 5.04. The molecule has 3 rings (SSSR count). The molecule has 174 valence electrons. The van der Waals surface area contributed by atoms with Crippen LogP contribution in [0.15, 0.2) is 72.1 Å². The van der Waals surface area contributed by atoms with Crippen LogP contribution in [-0.2, 0) is 25.2 Å². The Bertz CT molecular complexity index is 1040. The van der Waals surface area contributed by atoms with Gasteiger partial charge in [0.1, 0.15) is 5.75 Å². The lowest BCUT2D eigenvalue weighted by Crippen LogP contribution is -2.28. The number of halogens is 3. The smallest absolute Gasteiger partial charge is 0.416 e. The number of alkyl halides is 3. The van der Waals surface area contributed by atoms with Crippen molar-refractivity contribution in [2.75, 3.05) is 25.7 Å². The van der Waals surface area contributed by atoms with E-state index >= 15 is 0 Å². The Morgan fingerprint density at radius 1 is 0.879 bits per heavy atom. The van der Waals surface area contributed by atoms with Crippen LogP contribution in [0.1, 0.15) is 24.0 Å². The van der Waals surface area contributed by atoms with Crippen LogP contribution in [0, 0.1) is 0 Å². The average Bonchev–Trinajstić information content (AvgIpc) is 2.82. The Morgan fingerprint density at radius 2 is 1.39 bits per heavy atom. The van der Waals surface area contributed by atoms with Crippen molar-refractivity contribution in [1.82, 2.24) is 0 Å². The molecule has 0 N–H and O–H groups in total. The number of carbonyl (C=O) groups excluding carboxylic acids is 2. The second-order valence-corrected chi connectivity index (χ2v) is 7.04. The number of anilines is 1. The Balaban J connectivity index is 2.10. The van der Waals surface area contributed by atoms with Crippen LogP contribution in [0.4, 0.5) is 18.9 Å². The van der Waals surface area contributed by atoms with Crippen molar-refractivity contribution in [2.24, 2.45) is 0 Å². The predicted molar refractivity (Wildman–Crippen MR) is 114 cm³/mol. The van der Waals surface area contributed by atoms with E-state index in [-0.39, 0.29) is 11.1 Å². The molecular formula is C24H22F3NO5. The van der Waals surface area contributed by atoms with Gasteiger partial charge in [-0.25, -0.2) is 9.59 Å². The number of methoxy groups -OCH3 is 2. The summed E-state index contributed by atoms with van der Waals surface area (Å²) in [5.41, 5.74) is 0.211. The van der Waals surface area contributed by atoms with Crippen molar-refractivity contribution < 1.29 is 37.0 Å². The van der Waals surface area contributed by atoms with Crippen molar-refractivity contribution in [3.63, 3.8) is 0 Å². The lowest BCUT2D eigenvalue weighted by Gasteiger charge is -2.30. The summed E-state index contributed by atoms with van der Waals surface area (Å²) in [7, 11) is 2.37. The molecule has 2 aromatic carbocycles. The second kappa shape index (κ2) is 9.81. The average molecular weight is 461 g/mol. The number of rotatable bonds is 6. The zero-order chi connectivity index (χ0) is 24.2. The number of hydrogen-bond acceptors (Lipinski definition) is 6. The molecule has 1 aliphatic rings. The molecule has 0 radical (unpaired) electrons. The van der Waals surface area contributed by atoms with E-state index in [0.29, 0.717) is 23.6 Å². The first-order valence-corrected chi connectivity index (χ1v) is 9.98. The maximum absolute atomic E-state index is 13.0. The van der Waals surface area contributed by atoms with E-state index < -0.39 is 29.6 Å². The van der Waals surface area contributed by atoms with Gasteiger partial charge in [0.25, 0.3) is 0 Å². The number of esters is 2. The molecule has 0 unspecified atom stereocenters. The molecular weight excluding hydrogens is 439 g/mol. The van der Waals surface area contributed by atoms with Crippen molar-refractivity contribution in [3.8, 4) is 5.75 Å². The Kier molecular flexibility index (Phi) is 7.10. The van der Waals surface area contributed by atoms with Crippen LogP contribution >= 0.6 is 0 Å². The molecule has 0 atom stereocenters. The largest absolute Gasteiger partial charge is 0.494 e. The zero-order valence-corrected chi connectivity index (χ0v) is 18.2. The van der Waals surface area contributed by atoms with E-state index in [1.54, 1.807) is 29.2 Å². The molecule has 0 aromatic heterocycles. The van der Waals surface area contributed by atoms with Gasteiger partial charge in [0.05, 0.1) is 43.5 Å². The van der Waals surface area contributed by atoms with Crippen molar-refractivity contribution in [1.29, 1.82) is 0 Å². The van der Waals surface area contributed by atoms with Gasteiger partial charge in [-0.3, -0.25) is 0 Å². The first kappa shape index (κ1) is 23.9. The van der Waals surface area contributed by atoms with Gasteiger partial charge in [-0.1, -0.05) is 12.1 Å². The molecule has 1 aliphatic heterocycles. The van der Waals surface area contributed by atoms with E-state index in [1.807, 2.05) is 6.92 Å². The first-order valence-electron chi connectivity index (χ1n) is 9.98. The monoisotopic (exact) mass is 461 g/mol. The highest BCUT2D eigenvalue weighted by Gasteiger charge is 2.36. The molecule has 0 bridgehead atoms. The summed E-state index contributed by atoms with van der Waals surface area (Å²) in [6, 6.07) is 11.2. The molecule has 0 saturated carbocycles. The van der Waals surface area contributed by atoms with E-state index in [2.05, 4.69) is 0 Å². The molecule has 6 nitrogen and oxygen atoms in total. The van der Waals surface area contributed by atoms with Crippen LogP contribution in [0.2, 0.25) is 0 Å². The summed E-state index contributed by atoms with van der Waals surface area (Å²) in [6.07, 6.45) is -1.55. The maximum atomic E-state index is 13.0. The highest BCUT2D eigenvalue weighted by Crippen LogP contribution is 2.39. The fraction of sp³-hybridized carbons (Fsp3) is 0.250. The van der Waals surface area contributed by atoms with Gasteiger partial charge < -0.3 is 19.1 Å². The van der Waals surface area contributed by atoms with Crippen molar-refractivity contribution in [3.05, 3.63) is 83.2 Å². The minimum atomic E-state index is -4.52. The molecule has 1 heterocycles. The molecule has 2 aromatic rings. The Labute approximate surface area is 188 Å². The normalized spacial score (nSPS) is 14.3. The summed E-state index contributed by atoms with van der Waals surface area (Å²) in [5.74, 6) is -1.79. The summed E-state index contributed by atoms with van der Waals surface area (Å²) < 4.78 is 54.3. The van der Waals surface area contributed by atoms with Crippen LogP contribution in [-0.4, -0.2) is 32.8 Å². The van der Waals surface area contributed by atoms with E-state index in [1.165, 1.54) is 38.8 Å². The minimum absolute atomic E-state index is 0.0639. The third kappa shape index (κ3) is 5.19. The molecule has 0 aliphatic carbocycles. The topological polar surface area (TPSA) is 65.1 Å². The molecule has 33 heavy (non-hydrogen) atoms.